The number of rotatable bonds is 7. The summed E-state index contributed by atoms with van der Waals surface area (Å²) in [5.74, 6) is 2.61. The summed E-state index contributed by atoms with van der Waals surface area (Å²) < 4.78 is 5.50. The molecule has 3 rings (SSSR count). The van der Waals surface area contributed by atoms with Gasteiger partial charge >= 0.3 is 0 Å². The van der Waals surface area contributed by atoms with Crippen molar-refractivity contribution in [2.75, 3.05) is 0 Å². The van der Waals surface area contributed by atoms with E-state index < -0.39 is 11.3 Å². The maximum atomic E-state index is 10.6. The van der Waals surface area contributed by atoms with E-state index >= 15 is 0 Å². The minimum absolute atomic E-state index is 0.0548. The van der Waals surface area contributed by atoms with Crippen molar-refractivity contribution in [3.63, 3.8) is 0 Å². The molecule has 1 unspecified atom stereocenters. The highest BCUT2D eigenvalue weighted by Crippen LogP contribution is 2.51. The number of nitrogens with one attached hydrogen (secondary N) is 1. The zero-order valence-corrected chi connectivity index (χ0v) is 14.2. The van der Waals surface area contributed by atoms with Crippen molar-refractivity contribution >= 4 is 5.69 Å². The molecule has 1 aromatic rings. The van der Waals surface area contributed by atoms with Gasteiger partial charge in [-0.3, -0.25) is 15.4 Å². The van der Waals surface area contributed by atoms with Crippen molar-refractivity contribution in [2.45, 2.75) is 52.2 Å². The van der Waals surface area contributed by atoms with E-state index in [1.807, 2.05) is 0 Å². The Morgan fingerprint density at radius 2 is 1.96 bits per heavy atom. The van der Waals surface area contributed by atoms with Gasteiger partial charge in [-0.05, 0) is 60.6 Å². The first-order chi connectivity index (χ1) is 11.5. The maximum Gasteiger partial charge on any atom is 0.269 e. The minimum Gasteiger partial charge on any atom is -0.356 e. The number of hydrogen-bond donors (Lipinski definition) is 2. The molecule has 1 aromatic carbocycles. The van der Waals surface area contributed by atoms with Gasteiger partial charge < -0.3 is 9.84 Å². The number of hydrogen-bond acceptors (Lipinski definition) is 5. The van der Waals surface area contributed by atoms with Gasteiger partial charge in [0.1, 0.15) is 0 Å². The molecule has 24 heavy (non-hydrogen) atoms. The van der Waals surface area contributed by atoms with E-state index in [-0.39, 0.29) is 12.3 Å². The van der Waals surface area contributed by atoms with Gasteiger partial charge in [0.15, 0.2) is 0 Å². The number of non-ortho nitro benzene ring substituents is 1. The van der Waals surface area contributed by atoms with Crippen molar-refractivity contribution in [2.24, 2.45) is 23.7 Å². The molecule has 6 heteroatoms. The Bertz CT molecular complexity index is 575. The second-order valence-electron chi connectivity index (χ2n) is 7.43. The summed E-state index contributed by atoms with van der Waals surface area (Å²) in [5.41, 5.74) is 0.856. The second kappa shape index (κ2) is 7.17. The predicted molar refractivity (Wildman–Crippen MR) is 90.0 cm³/mol. The van der Waals surface area contributed by atoms with Gasteiger partial charge in [-0.15, -0.1) is 0 Å². The van der Waals surface area contributed by atoms with Crippen LogP contribution in [0.25, 0.3) is 0 Å². The summed E-state index contributed by atoms with van der Waals surface area (Å²) in [5, 5.41) is 24.1. The van der Waals surface area contributed by atoms with Gasteiger partial charge in [0.2, 0.25) is 6.41 Å². The largest absolute Gasteiger partial charge is 0.356 e. The van der Waals surface area contributed by atoms with Crippen LogP contribution in [0.2, 0.25) is 0 Å². The second-order valence-corrected chi connectivity index (χ2v) is 7.43. The van der Waals surface area contributed by atoms with Crippen LogP contribution >= 0.6 is 0 Å². The highest BCUT2D eigenvalue weighted by Gasteiger charge is 2.48. The first-order valence-electron chi connectivity index (χ1n) is 8.74. The summed E-state index contributed by atoms with van der Waals surface area (Å²) in [7, 11) is 0. The Hall–Kier alpha value is -1.50. The zero-order valence-electron chi connectivity index (χ0n) is 14.2. The average Bonchev–Trinajstić information content (AvgIpc) is 3.14. The summed E-state index contributed by atoms with van der Waals surface area (Å²) in [6.07, 6.45) is 2.80. The quantitative estimate of drug-likeness (QED) is 0.455. The van der Waals surface area contributed by atoms with Crippen molar-refractivity contribution in [3.8, 4) is 0 Å². The van der Waals surface area contributed by atoms with E-state index in [1.165, 1.54) is 31.4 Å². The third-order valence-electron chi connectivity index (χ3n) is 5.64. The standard InChI is InChI=1S/C18H26N2O4/c1-11(2)16-13-5-6-14(9-13)17(16)19-18(21)24-10-12-3-7-15(8-4-12)20(22)23/h3-4,7-8,11,13-14,16-19,21H,5-6,9-10H2,1-2H3/t13-,14+,16+,17+,18?/m0/s1. The topological polar surface area (TPSA) is 84.6 Å². The van der Waals surface area contributed by atoms with E-state index in [9.17, 15) is 15.2 Å². The van der Waals surface area contributed by atoms with E-state index in [0.29, 0.717) is 23.8 Å². The highest BCUT2D eigenvalue weighted by molar-refractivity contribution is 5.32. The van der Waals surface area contributed by atoms with Crippen LogP contribution in [0.4, 0.5) is 5.69 Å². The first-order valence-corrected chi connectivity index (χ1v) is 8.74. The molecule has 2 aliphatic rings. The van der Waals surface area contributed by atoms with Gasteiger partial charge in [0, 0.05) is 18.2 Å². The SMILES string of the molecule is CC(C)[C@@H]1[C@H]2CC[C@H](C2)[C@H]1NC(O)OCc1ccc([N+](=O)[O-])cc1. The van der Waals surface area contributed by atoms with Gasteiger partial charge in [0.05, 0.1) is 11.5 Å². The van der Waals surface area contributed by atoms with Crippen LogP contribution in [-0.2, 0) is 11.3 Å². The van der Waals surface area contributed by atoms with E-state index in [0.717, 1.165) is 11.5 Å². The van der Waals surface area contributed by atoms with E-state index in [2.05, 4.69) is 19.2 Å². The fraction of sp³-hybridized carbons (Fsp3) is 0.667. The van der Waals surface area contributed by atoms with Crippen LogP contribution in [0.15, 0.2) is 24.3 Å². The van der Waals surface area contributed by atoms with Crippen LogP contribution in [0.1, 0.15) is 38.7 Å². The first kappa shape index (κ1) is 17.3. The van der Waals surface area contributed by atoms with Gasteiger partial charge in [-0.2, -0.15) is 0 Å². The van der Waals surface area contributed by atoms with Crippen LogP contribution < -0.4 is 5.32 Å². The Morgan fingerprint density at radius 3 is 2.58 bits per heavy atom. The number of benzene rings is 1. The summed E-state index contributed by atoms with van der Waals surface area (Å²) in [6.45, 7) is 4.73. The molecule has 0 saturated heterocycles. The predicted octanol–water partition coefficient (Wildman–Crippen LogP) is 3.05. The summed E-state index contributed by atoms with van der Waals surface area (Å²) in [6, 6.07) is 6.51. The number of aliphatic hydroxyl groups is 1. The molecule has 0 spiro atoms. The van der Waals surface area contributed by atoms with Crippen LogP contribution in [0.5, 0.6) is 0 Å². The molecule has 6 nitrogen and oxygen atoms in total. The number of nitro benzene ring substituents is 1. The Balaban J connectivity index is 1.52. The highest BCUT2D eigenvalue weighted by atomic mass is 16.6. The van der Waals surface area contributed by atoms with Crippen molar-refractivity contribution in [3.05, 3.63) is 39.9 Å². The molecule has 5 atom stereocenters. The molecule has 2 bridgehead atoms. The summed E-state index contributed by atoms with van der Waals surface area (Å²) in [4.78, 5) is 10.2. The van der Waals surface area contributed by atoms with Gasteiger partial charge in [0.25, 0.3) is 5.69 Å². The third-order valence-corrected chi connectivity index (χ3v) is 5.64. The smallest absolute Gasteiger partial charge is 0.269 e. The summed E-state index contributed by atoms with van der Waals surface area (Å²) >= 11 is 0. The monoisotopic (exact) mass is 334 g/mol. The molecule has 2 fully saturated rings. The number of nitrogens with zero attached hydrogens (tertiary/aromatic N) is 1. The lowest BCUT2D eigenvalue weighted by atomic mass is 9.77. The lowest BCUT2D eigenvalue weighted by Gasteiger charge is -2.35. The molecule has 0 aliphatic heterocycles. The van der Waals surface area contributed by atoms with Crippen molar-refractivity contribution < 1.29 is 14.8 Å². The van der Waals surface area contributed by atoms with Crippen molar-refractivity contribution in [1.29, 1.82) is 0 Å². The lowest BCUT2D eigenvalue weighted by Crippen LogP contribution is -2.48. The molecular weight excluding hydrogens is 308 g/mol. The van der Waals surface area contributed by atoms with Crippen LogP contribution in [0, 0.1) is 33.8 Å². The van der Waals surface area contributed by atoms with Gasteiger partial charge in [-0.1, -0.05) is 13.8 Å². The van der Waals surface area contributed by atoms with Gasteiger partial charge in [-0.25, -0.2) is 0 Å². The number of nitro groups is 1. The van der Waals surface area contributed by atoms with E-state index in [1.54, 1.807) is 12.1 Å². The number of fused-ring (bicyclic) bond motifs is 2. The molecule has 132 valence electrons. The molecule has 0 radical (unpaired) electrons. The number of ether oxygens (including phenoxy) is 1. The van der Waals surface area contributed by atoms with Crippen LogP contribution in [0.3, 0.4) is 0 Å². The molecular formula is C18H26N2O4. The average molecular weight is 334 g/mol. The Labute approximate surface area is 142 Å². The van der Waals surface area contributed by atoms with Crippen LogP contribution in [-0.4, -0.2) is 22.5 Å². The van der Waals surface area contributed by atoms with Crippen molar-refractivity contribution in [1.82, 2.24) is 5.32 Å². The Morgan fingerprint density at radius 1 is 1.29 bits per heavy atom. The third kappa shape index (κ3) is 3.61. The molecule has 2 saturated carbocycles. The molecule has 2 N–H and O–H groups in total. The lowest BCUT2D eigenvalue weighted by molar-refractivity contribution is -0.384. The fourth-order valence-electron chi connectivity index (χ4n) is 4.64. The molecule has 0 amide bonds. The zero-order chi connectivity index (χ0) is 17.3. The van der Waals surface area contributed by atoms with E-state index in [4.69, 9.17) is 4.74 Å². The molecule has 0 heterocycles. The molecule has 2 aliphatic carbocycles. The fourth-order valence-corrected chi connectivity index (χ4v) is 4.64. The molecule has 0 aromatic heterocycles. The normalized spacial score (nSPS) is 30.0. The maximum absolute atomic E-state index is 10.6. The number of aliphatic hydroxyl groups excluding tert-OH is 1. The minimum atomic E-state index is -1.01. The Kier molecular flexibility index (Phi) is 5.18.